The first-order valence-corrected chi connectivity index (χ1v) is 10.4. The summed E-state index contributed by atoms with van der Waals surface area (Å²) in [5.74, 6) is 0.985. The fourth-order valence-corrected chi connectivity index (χ4v) is 3.87. The standard InChI is InChI=1S/C22H24ClN5O3/c1-24-10-11-31-17-12-25-8-6-13(17)19-20(18-15(27-19)7-9-26-22(18)29)28-16-5-3-4-14(23)21(16)30-2/h3-6,8,12,24,27-28H,7,9-11H2,1-2H3,(H,26,29). The number of H-pyrrole nitrogens is 1. The van der Waals surface area contributed by atoms with Gasteiger partial charge in [-0.1, -0.05) is 17.7 Å². The summed E-state index contributed by atoms with van der Waals surface area (Å²) in [6, 6.07) is 7.29. The molecule has 31 heavy (non-hydrogen) atoms. The van der Waals surface area contributed by atoms with Gasteiger partial charge in [0.1, 0.15) is 12.4 Å². The summed E-state index contributed by atoms with van der Waals surface area (Å²) in [5.41, 5.74) is 4.27. The number of aromatic nitrogens is 2. The van der Waals surface area contributed by atoms with Crippen LogP contribution in [0.4, 0.5) is 11.4 Å². The number of rotatable bonds is 8. The van der Waals surface area contributed by atoms with Crippen molar-refractivity contribution in [3.05, 3.63) is 52.9 Å². The van der Waals surface area contributed by atoms with Crippen molar-refractivity contribution in [2.75, 3.05) is 39.2 Å². The fraction of sp³-hybridized carbons (Fsp3) is 0.273. The number of nitrogens with one attached hydrogen (secondary N) is 4. The lowest BCUT2D eigenvalue weighted by Gasteiger charge is -2.17. The topological polar surface area (TPSA) is 100 Å². The minimum absolute atomic E-state index is 0.140. The summed E-state index contributed by atoms with van der Waals surface area (Å²) < 4.78 is 11.4. The molecule has 0 bridgehead atoms. The number of anilines is 2. The molecule has 1 amide bonds. The second kappa shape index (κ2) is 9.28. The summed E-state index contributed by atoms with van der Waals surface area (Å²) in [4.78, 5) is 20.4. The Kier molecular flexibility index (Phi) is 6.29. The number of likely N-dealkylation sites (N-methyl/N-ethyl adjacent to an activating group) is 1. The van der Waals surface area contributed by atoms with Crippen LogP contribution >= 0.6 is 11.6 Å². The minimum atomic E-state index is -0.140. The number of ether oxygens (including phenoxy) is 2. The molecular weight excluding hydrogens is 418 g/mol. The smallest absolute Gasteiger partial charge is 0.255 e. The first-order chi connectivity index (χ1) is 15.1. The van der Waals surface area contributed by atoms with Crippen molar-refractivity contribution < 1.29 is 14.3 Å². The number of carbonyl (C=O) groups is 1. The van der Waals surface area contributed by atoms with Crippen molar-refractivity contribution in [1.82, 2.24) is 20.6 Å². The Morgan fingerprint density at radius 3 is 2.97 bits per heavy atom. The third-order valence-corrected chi connectivity index (χ3v) is 5.36. The van der Waals surface area contributed by atoms with E-state index in [1.165, 1.54) is 0 Å². The number of amides is 1. The maximum atomic E-state index is 12.8. The SMILES string of the molecule is CNCCOc1cnccc1-c1[nH]c2c(c1Nc1cccc(Cl)c1OC)C(=O)NCC2. The van der Waals surface area contributed by atoms with Crippen molar-refractivity contribution in [1.29, 1.82) is 0 Å². The van der Waals surface area contributed by atoms with Gasteiger partial charge in [0.05, 0.1) is 41.0 Å². The highest BCUT2D eigenvalue weighted by atomic mass is 35.5. The summed E-state index contributed by atoms with van der Waals surface area (Å²) >= 11 is 6.31. The molecule has 162 valence electrons. The van der Waals surface area contributed by atoms with Gasteiger partial charge < -0.3 is 30.4 Å². The molecule has 2 aromatic heterocycles. The van der Waals surface area contributed by atoms with E-state index in [1.807, 2.05) is 25.2 Å². The molecule has 0 atom stereocenters. The molecule has 4 N–H and O–H groups in total. The van der Waals surface area contributed by atoms with Crippen LogP contribution in [0.2, 0.25) is 5.02 Å². The highest BCUT2D eigenvalue weighted by molar-refractivity contribution is 6.32. The third-order valence-electron chi connectivity index (χ3n) is 5.06. The van der Waals surface area contributed by atoms with E-state index >= 15 is 0 Å². The number of carbonyl (C=O) groups excluding carboxylic acids is 1. The van der Waals surface area contributed by atoms with Crippen LogP contribution < -0.4 is 25.4 Å². The lowest BCUT2D eigenvalue weighted by Crippen LogP contribution is -2.31. The molecule has 0 saturated carbocycles. The largest absolute Gasteiger partial charge is 0.493 e. The molecule has 4 rings (SSSR count). The van der Waals surface area contributed by atoms with Crippen molar-refractivity contribution in [2.24, 2.45) is 0 Å². The number of halogens is 1. The molecule has 1 aliphatic heterocycles. The molecular formula is C22H24ClN5O3. The maximum absolute atomic E-state index is 12.8. The number of fused-ring (bicyclic) bond motifs is 1. The van der Waals surface area contributed by atoms with Crippen LogP contribution in [0.25, 0.3) is 11.3 Å². The molecule has 3 heterocycles. The predicted octanol–water partition coefficient (Wildman–Crippen LogP) is 3.37. The second-order valence-corrected chi connectivity index (χ2v) is 7.41. The Morgan fingerprint density at radius 1 is 1.29 bits per heavy atom. The number of hydrogen-bond donors (Lipinski definition) is 4. The summed E-state index contributed by atoms with van der Waals surface area (Å²) in [6.45, 7) is 1.76. The van der Waals surface area contributed by atoms with Gasteiger partial charge in [0.15, 0.2) is 5.75 Å². The number of hydrogen-bond acceptors (Lipinski definition) is 6. The van der Waals surface area contributed by atoms with Crippen LogP contribution in [0.1, 0.15) is 16.1 Å². The minimum Gasteiger partial charge on any atom is -0.493 e. The lowest BCUT2D eigenvalue weighted by molar-refractivity contribution is 0.0947. The Labute approximate surface area is 185 Å². The van der Waals surface area contributed by atoms with Crippen molar-refractivity contribution in [3.63, 3.8) is 0 Å². The van der Waals surface area contributed by atoms with Crippen LogP contribution in [0.15, 0.2) is 36.7 Å². The van der Waals surface area contributed by atoms with Crippen LogP contribution in [0.3, 0.4) is 0 Å². The number of para-hydroxylation sites is 1. The number of methoxy groups -OCH3 is 1. The molecule has 9 heteroatoms. The number of aromatic amines is 1. The van der Waals surface area contributed by atoms with E-state index < -0.39 is 0 Å². The normalized spacial score (nSPS) is 12.8. The molecule has 0 saturated heterocycles. The maximum Gasteiger partial charge on any atom is 0.255 e. The van der Waals surface area contributed by atoms with Gasteiger partial charge in [0.2, 0.25) is 0 Å². The van der Waals surface area contributed by atoms with E-state index in [1.54, 1.807) is 25.6 Å². The summed E-state index contributed by atoms with van der Waals surface area (Å²) in [7, 11) is 3.43. The van der Waals surface area contributed by atoms with E-state index in [0.29, 0.717) is 59.6 Å². The number of nitrogens with zero attached hydrogens (tertiary/aromatic N) is 1. The van der Waals surface area contributed by atoms with E-state index in [2.05, 4.69) is 25.9 Å². The van der Waals surface area contributed by atoms with Crippen molar-refractivity contribution >= 4 is 28.9 Å². The Morgan fingerprint density at radius 2 is 2.16 bits per heavy atom. The average molecular weight is 442 g/mol. The lowest BCUT2D eigenvalue weighted by atomic mass is 10.0. The zero-order valence-corrected chi connectivity index (χ0v) is 18.1. The second-order valence-electron chi connectivity index (χ2n) is 7.00. The Balaban J connectivity index is 1.84. The molecule has 1 aromatic carbocycles. The van der Waals surface area contributed by atoms with Crippen molar-refractivity contribution in [2.45, 2.75) is 6.42 Å². The zero-order valence-electron chi connectivity index (χ0n) is 17.3. The molecule has 8 nitrogen and oxygen atoms in total. The van der Waals surface area contributed by atoms with Gasteiger partial charge in [0.25, 0.3) is 5.91 Å². The van der Waals surface area contributed by atoms with Crippen LogP contribution in [0, 0.1) is 0 Å². The molecule has 0 aliphatic carbocycles. The summed E-state index contributed by atoms with van der Waals surface area (Å²) in [6.07, 6.45) is 4.07. The zero-order chi connectivity index (χ0) is 21.8. The van der Waals surface area contributed by atoms with E-state index in [4.69, 9.17) is 21.1 Å². The molecule has 0 spiro atoms. The third kappa shape index (κ3) is 4.17. The fourth-order valence-electron chi connectivity index (χ4n) is 3.62. The van der Waals surface area contributed by atoms with Gasteiger partial charge >= 0.3 is 0 Å². The van der Waals surface area contributed by atoms with Gasteiger partial charge in [-0.15, -0.1) is 0 Å². The molecule has 0 unspecified atom stereocenters. The Hall–Kier alpha value is -3.23. The van der Waals surface area contributed by atoms with Gasteiger partial charge in [-0.25, -0.2) is 0 Å². The predicted molar refractivity (Wildman–Crippen MR) is 121 cm³/mol. The van der Waals surface area contributed by atoms with Gasteiger partial charge in [-0.3, -0.25) is 9.78 Å². The van der Waals surface area contributed by atoms with E-state index in [0.717, 1.165) is 17.0 Å². The average Bonchev–Trinajstić information content (AvgIpc) is 3.14. The van der Waals surface area contributed by atoms with E-state index in [-0.39, 0.29) is 5.91 Å². The quantitative estimate of drug-likeness (QED) is 0.400. The molecule has 0 radical (unpaired) electrons. The molecule has 0 fully saturated rings. The van der Waals surface area contributed by atoms with Gasteiger partial charge in [0, 0.05) is 37.0 Å². The first-order valence-electron chi connectivity index (χ1n) is 9.98. The first kappa shape index (κ1) is 21.0. The van der Waals surface area contributed by atoms with Crippen LogP contribution in [0.5, 0.6) is 11.5 Å². The highest BCUT2D eigenvalue weighted by Crippen LogP contribution is 2.42. The van der Waals surface area contributed by atoms with Gasteiger partial charge in [-0.2, -0.15) is 0 Å². The van der Waals surface area contributed by atoms with Crippen LogP contribution in [-0.4, -0.2) is 49.7 Å². The van der Waals surface area contributed by atoms with Crippen molar-refractivity contribution in [3.8, 4) is 22.8 Å². The molecule has 1 aliphatic rings. The number of benzene rings is 1. The number of pyridine rings is 1. The highest BCUT2D eigenvalue weighted by Gasteiger charge is 2.28. The van der Waals surface area contributed by atoms with E-state index in [9.17, 15) is 4.79 Å². The van der Waals surface area contributed by atoms with Gasteiger partial charge in [-0.05, 0) is 25.2 Å². The summed E-state index contributed by atoms with van der Waals surface area (Å²) in [5, 5.41) is 9.83. The Bertz CT molecular complexity index is 1100. The monoisotopic (exact) mass is 441 g/mol. The molecule has 3 aromatic rings. The van der Waals surface area contributed by atoms with Crippen LogP contribution in [-0.2, 0) is 6.42 Å².